The van der Waals surface area contributed by atoms with E-state index in [-0.39, 0.29) is 11.4 Å². The molecule has 2 heterocycles. The number of carboxylic acids is 1. The summed E-state index contributed by atoms with van der Waals surface area (Å²) in [4.78, 5) is 20.6. The number of aromatic nitrogens is 2. The highest BCUT2D eigenvalue weighted by Gasteiger charge is 2.19. The Kier molecular flexibility index (Phi) is 7.37. The number of carbonyl (C=O) groups is 1. The van der Waals surface area contributed by atoms with Gasteiger partial charge in [-0.2, -0.15) is 0 Å². The molecule has 4 rings (SSSR count). The van der Waals surface area contributed by atoms with Crippen LogP contribution in [0.25, 0.3) is 21.3 Å². The lowest BCUT2D eigenvalue weighted by molar-refractivity contribution is 0.0691. The van der Waals surface area contributed by atoms with Crippen molar-refractivity contribution in [3.8, 4) is 17.0 Å². The molecule has 2 N–H and O–H groups in total. The largest absolute Gasteiger partial charge is 0.493 e. The molecular weight excluding hydrogens is 453 g/mol. The number of rotatable bonds is 10. The van der Waals surface area contributed by atoms with Gasteiger partial charge in [0.05, 0.1) is 17.0 Å². The zero-order chi connectivity index (χ0) is 24.1. The van der Waals surface area contributed by atoms with Gasteiger partial charge >= 0.3 is 5.97 Å². The van der Waals surface area contributed by atoms with E-state index in [0.29, 0.717) is 48.0 Å². The van der Waals surface area contributed by atoms with Gasteiger partial charge in [0.1, 0.15) is 29.3 Å². The van der Waals surface area contributed by atoms with Crippen molar-refractivity contribution < 1.29 is 19.0 Å². The van der Waals surface area contributed by atoms with Gasteiger partial charge in [-0.15, -0.1) is 11.3 Å². The summed E-state index contributed by atoms with van der Waals surface area (Å²) in [6.45, 7) is 4.78. The first kappa shape index (κ1) is 23.6. The number of fused-ring (bicyclic) bond motifs is 1. The fraction of sp³-hybridized carbons (Fsp3) is 0.269. The van der Waals surface area contributed by atoms with Crippen LogP contribution in [0.3, 0.4) is 0 Å². The van der Waals surface area contributed by atoms with E-state index in [4.69, 9.17) is 4.74 Å². The van der Waals surface area contributed by atoms with Crippen molar-refractivity contribution in [2.75, 3.05) is 18.5 Å². The summed E-state index contributed by atoms with van der Waals surface area (Å²) >= 11 is 1.40. The monoisotopic (exact) mass is 479 g/mol. The molecular formula is C26H26FN3O3S. The van der Waals surface area contributed by atoms with E-state index >= 15 is 0 Å². The molecule has 2 aromatic heterocycles. The molecule has 0 aliphatic rings. The van der Waals surface area contributed by atoms with E-state index in [1.165, 1.54) is 17.7 Å². The normalized spacial score (nSPS) is 11.0. The van der Waals surface area contributed by atoms with Gasteiger partial charge in [0.25, 0.3) is 0 Å². The third-order valence-corrected chi connectivity index (χ3v) is 6.40. The Morgan fingerprint density at radius 3 is 2.76 bits per heavy atom. The number of aromatic carboxylic acids is 1. The van der Waals surface area contributed by atoms with E-state index in [1.54, 1.807) is 12.1 Å². The molecule has 2 aromatic carbocycles. The van der Waals surface area contributed by atoms with Gasteiger partial charge in [0.15, 0.2) is 0 Å². The van der Waals surface area contributed by atoms with Crippen molar-refractivity contribution in [1.29, 1.82) is 0 Å². The maximum absolute atomic E-state index is 14.2. The minimum atomic E-state index is -0.999. The SMILES string of the molecule is CCCc1cc(-c2cc(NCCc3cc(F)c4sccc4c3)ncn2)cc(OCC)c1C(=O)O. The zero-order valence-electron chi connectivity index (χ0n) is 19.1. The average molecular weight is 480 g/mol. The van der Waals surface area contributed by atoms with Crippen molar-refractivity contribution in [2.24, 2.45) is 0 Å². The second-order valence-corrected chi connectivity index (χ2v) is 8.79. The smallest absolute Gasteiger partial charge is 0.339 e. The van der Waals surface area contributed by atoms with Gasteiger partial charge < -0.3 is 15.2 Å². The Morgan fingerprint density at radius 2 is 2.00 bits per heavy atom. The van der Waals surface area contributed by atoms with Crippen LogP contribution in [0.4, 0.5) is 10.2 Å². The molecule has 0 saturated carbocycles. The maximum atomic E-state index is 14.2. The Bertz CT molecular complexity index is 1290. The van der Waals surface area contributed by atoms with Crippen molar-refractivity contribution in [3.63, 3.8) is 0 Å². The number of anilines is 1. The number of thiophene rings is 1. The molecule has 6 nitrogen and oxygen atoms in total. The standard InChI is InChI=1S/C26H26FN3O3S/c1-3-5-17-12-19(13-22(33-4-2)24(17)26(31)32)21-14-23(30-15-29-21)28-8-6-16-10-18-7-9-34-25(18)20(27)11-16/h7,9-15H,3-6,8H2,1-2H3,(H,31,32)(H,28,29,30). The maximum Gasteiger partial charge on any atom is 0.339 e. The van der Waals surface area contributed by atoms with E-state index in [9.17, 15) is 14.3 Å². The molecule has 34 heavy (non-hydrogen) atoms. The molecule has 0 fully saturated rings. The predicted molar refractivity (Wildman–Crippen MR) is 134 cm³/mol. The molecule has 0 unspecified atom stereocenters. The molecule has 0 amide bonds. The van der Waals surface area contributed by atoms with E-state index in [0.717, 1.165) is 28.5 Å². The minimum Gasteiger partial charge on any atom is -0.493 e. The highest BCUT2D eigenvalue weighted by atomic mass is 32.1. The van der Waals surface area contributed by atoms with Crippen LogP contribution in [0.2, 0.25) is 0 Å². The average Bonchev–Trinajstić information content (AvgIpc) is 3.29. The van der Waals surface area contributed by atoms with Crippen LogP contribution in [0.5, 0.6) is 5.75 Å². The summed E-state index contributed by atoms with van der Waals surface area (Å²) in [6.07, 6.45) is 3.55. The third-order valence-electron chi connectivity index (χ3n) is 5.47. The molecule has 0 spiro atoms. The van der Waals surface area contributed by atoms with Gasteiger partial charge in [0.2, 0.25) is 0 Å². The summed E-state index contributed by atoms with van der Waals surface area (Å²) in [6, 6.07) is 10.9. The van der Waals surface area contributed by atoms with Gasteiger partial charge in [-0.1, -0.05) is 19.4 Å². The van der Waals surface area contributed by atoms with E-state index < -0.39 is 5.97 Å². The quantitative estimate of drug-likeness (QED) is 0.282. The summed E-state index contributed by atoms with van der Waals surface area (Å²) in [7, 11) is 0. The lowest BCUT2D eigenvalue weighted by Crippen LogP contribution is -2.09. The first-order valence-corrected chi connectivity index (χ1v) is 12.1. The summed E-state index contributed by atoms with van der Waals surface area (Å²) in [5, 5.41) is 15.8. The van der Waals surface area contributed by atoms with Gasteiger partial charge in [-0.3, -0.25) is 0 Å². The van der Waals surface area contributed by atoms with Crippen molar-refractivity contribution in [3.05, 3.63) is 70.6 Å². The molecule has 0 bridgehead atoms. The number of benzene rings is 2. The number of nitrogens with one attached hydrogen (secondary N) is 1. The molecule has 0 saturated heterocycles. The zero-order valence-corrected chi connectivity index (χ0v) is 19.9. The molecule has 0 radical (unpaired) electrons. The first-order valence-electron chi connectivity index (χ1n) is 11.2. The molecule has 0 aliphatic carbocycles. The van der Waals surface area contributed by atoms with Crippen LogP contribution in [0.1, 0.15) is 41.8 Å². The first-order chi connectivity index (χ1) is 16.5. The highest BCUT2D eigenvalue weighted by molar-refractivity contribution is 7.17. The topological polar surface area (TPSA) is 84.3 Å². The summed E-state index contributed by atoms with van der Waals surface area (Å²) in [5.74, 6) is -0.209. The molecule has 8 heteroatoms. The van der Waals surface area contributed by atoms with Gasteiger partial charge in [-0.05, 0) is 65.9 Å². The van der Waals surface area contributed by atoms with E-state index in [1.807, 2.05) is 43.5 Å². The second kappa shape index (κ2) is 10.6. The number of hydrogen-bond donors (Lipinski definition) is 2. The van der Waals surface area contributed by atoms with Crippen LogP contribution in [0, 0.1) is 5.82 Å². The van der Waals surface area contributed by atoms with E-state index in [2.05, 4.69) is 15.3 Å². The fourth-order valence-electron chi connectivity index (χ4n) is 3.99. The number of hydrogen-bond acceptors (Lipinski definition) is 6. The van der Waals surface area contributed by atoms with Gasteiger partial charge in [0, 0.05) is 18.2 Å². The molecule has 0 aliphatic heterocycles. The number of nitrogens with zero attached hydrogens (tertiary/aromatic N) is 2. The van der Waals surface area contributed by atoms with Crippen LogP contribution in [-0.2, 0) is 12.8 Å². The van der Waals surface area contributed by atoms with Crippen LogP contribution < -0.4 is 10.1 Å². The van der Waals surface area contributed by atoms with Crippen molar-refractivity contribution in [1.82, 2.24) is 9.97 Å². The number of carboxylic acid groups (broad SMARTS) is 1. The Labute approximate surface area is 201 Å². The summed E-state index contributed by atoms with van der Waals surface area (Å²) < 4.78 is 20.6. The lowest BCUT2D eigenvalue weighted by atomic mass is 9.97. The molecule has 0 atom stereocenters. The number of ether oxygens (including phenoxy) is 1. The second-order valence-electron chi connectivity index (χ2n) is 7.88. The molecule has 4 aromatic rings. The molecule has 176 valence electrons. The number of aryl methyl sites for hydroxylation is 1. The lowest BCUT2D eigenvalue weighted by Gasteiger charge is -2.15. The summed E-state index contributed by atoms with van der Waals surface area (Å²) in [5.41, 5.74) is 3.27. The van der Waals surface area contributed by atoms with Crippen molar-refractivity contribution in [2.45, 2.75) is 33.1 Å². The highest BCUT2D eigenvalue weighted by Crippen LogP contribution is 2.32. The Balaban J connectivity index is 1.54. The fourth-order valence-corrected chi connectivity index (χ4v) is 4.77. The predicted octanol–water partition coefficient (Wildman–Crippen LogP) is 6.20. The Hall–Kier alpha value is -3.52. The number of halogens is 1. The van der Waals surface area contributed by atoms with Crippen molar-refractivity contribution >= 4 is 33.2 Å². The Morgan fingerprint density at radius 1 is 1.15 bits per heavy atom. The van der Waals surface area contributed by atoms with Gasteiger partial charge in [-0.25, -0.2) is 19.2 Å². The van der Waals surface area contributed by atoms with Crippen LogP contribution in [-0.4, -0.2) is 34.2 Å². The minimum absolute atomic E-state index is 0.190. The van der Waals surface area contributed by atoms with Crippen LogP contribution in [0.15, 0.2) is 48.1 Å². The van der Waals surface area contributed by atoms with Crippen LogP contribution >= 0.6 is 11.3 Å². The third kappa shape index (κ3) is 5.17.